The lowest BCUT2D eigenvalue weighted by Gasteiger charge is -2.19. The summed E-state index contributed by atoms with van der Waals surface area (Å²) in [6.07, 6.45) is 4.31. The monoisotopic (exact) mass is 358 g/mol. The highest BCUT2D eigenvalue weighted by Gasteiger charge is 2.30. The van der Waals surface area contributed by atoms with Crippen molar-refractivity contribution in [3.05, 3.63) is 52.4 Å². The summed E-state index contributed by atoms with van der Waals surface area (Å²) in [5.74, 6) is 1.73. The molecule has 1 aliphatic rings. The zero-order valence-electron chi connectivity index (χ0n) is 14.6. The van der Waals surface area contributed by atoms with Gasteiger partial charge < -0.3 is 10.2 Å². The summed E-state index contributed by atoms with van der Waals surface area (Å²) in [5, 5.41) is 4.15. The predicted octanol–water partition coefficient (Wildman–Crippen LogP) is 3.60. The highest BCUT2D eigenvalue weighted by Crippen LogP contribution is 2.23. The number of carbonyl (C=O) groups is 1. The van der Waals surface area contributed by atoms with E-state index < -0.39 is 0 Å². The van der Waals surface area contributed by atoms with Crippen molar-refractivity contribution in [2.24, 2.45) is 0 Å². The first-order valence-corrected chi connectivity index (χ1v) is 9.05. The van der Waals surface area contributed by atoms with Crippen LogP contribution in [0.1, 0.15) is 36.7 Å². The van der Waals surface area contributed by atoms with Gasteiger partial charge in [-0.25, -0.2) is 9.97 Å². The maximum Gasteiger partial charge on any atom is 0.225 e. The number of aromatic nitrogens is 2. The fourth-order valence-corrected chi connectivity index (χ4v) is 3.31. The Morgan fingerprint density at radius 1 is 1.32 bits per heavy atom. The zero-order valence-corrected chi connectivity index (χ0v) is 15.4. The second-order valence-corrected chi connectivity index (χ2v) is 6.86. The molecular formula is C19H23ClN4O. The van der Waals surface area contributed by atoms with Crippen molar-refractivity contribution >= 4 is 23.3 Å². The number of halogens is 1. The molecule has 1 aromatic heterocycles. The molecule has 0 aliphatic carbocycles. The van der Waals surface area contributed by atoms with Gasteiger partial charge in [0.1, 0.15) is 11.6 Å². The largest absolute Gasteiger partial charge is 0.365 e. The van der Waals surface area contributed by atoms with E-state index in [1.807, 2.05) is 42.3 Å². The Morgan fingerprint density at radius 2 is 2.12 bits per heavy atom. The molecule has 3 rings (SSSR count). The number of hydrogen-bond donors (Lipinski definition) is 1. The lowest BCUT2D eigenvalue weighted by atomic mass is 10.1. The molecule has 0 bridgehead atoms. The van der Waals surface area contributed by atoms with E-state index in [1.54, 1.807) is 0 Å². The SMILES string of the molecule is CCCc1cnc(C)nc1N[C@H]1CC(=O)N(Cc2ccccc2Cl)C1. The van der Waals surface area contributed by atoms with Crippen LogP contribution < -0.4 is 5.32 Å². The number of nitrogens with one attached hydrogen (secondary N) is 1. The summed E-state index contributed by atoms with van der Waals surface area (Å²) < 4.78 is 0. The average molecular weight is 359 g/mol. The van der Waals surface area contributed by atoms with Crippen LogP contribution in [0.2, 0.25) is 5.02 Å². The van der Waals surface area contributed by atoms with Crippen LogP contribution in [0.3, 0.4) is 0 Å². The van der Waals surface area contributed by atoms with Gasteiger partial charge in [0, 0.05) is 36.3 Å². The summed E-state index contributed by atoms with van der Waals surface area (Å²) in [6, 6.07) is 7.71. The molecule has 2 aromatic rings. The minimum absolute atomic E-state index is 0.0555. The third kappa shape index (κ3) is 4.28. The second-order valence-electron chi connectivity index (χ2n) is 6.45. The normalized spacial score (nSPS) is 17.2. The molecule has 1 saturated heterocycles. The van der Waals surface area contributed by atoms with Crippen LogP contribution in [-0.4, -0.2) is 33.4 Å². The Kier molecular flexibility index (Phi) is 5.53. The summed E-state index contributed by atoms with van der Waals surface area (Å²) in [4.78, 5) is 23.0. The molecule has 0 unspecified atom stereocenters. The molecule has 6 heteroatoms. The molecule has 2 heterocycles. The van der Waals surface area contributed by atoms with Gasteiger partial charge in [0.25, 0.3) is 0 Å². The van der Waals surface area contributed by atoms with Crippen LogP contribution in [0.25, 0.3) is 0 Å². The van der Waals surface area contributed by atoms with Crippen LogP contribution in [0.5, 0.6) is 0 Å². The first-order valence-electron chi connectivity index (χ1n) is 8.67. The summed E-state index contributed by atoms with van der Waals surface area (Å²) in [6.45, 7) is 5.21. The van der Waals surface area contributed by atoms with Crippen molar-refractivity contribution in [1.82, 2.24) is 14.9 Å². The first kappa shape index (κ1) is 17.7. The van der Waals surface area contributed by atoms with E-state index in [0.717, 1.165) is 35.6 Å². The van der Waals surface area contributed by atoms with E-state index in [1.165, 1.54) is 0 Å². The fraction of sp³-hybridized carbons (Fsp3) is 0.421. The van der Waals surface area contributed by atoms with Gasteiger partial charge in [0.2, 0.25) is 5.91 Å². The van der Waals surface area contributed by atoms with Crippen LogP contribution >= 0.6 is 11.6 Å². The Labute approximate surface area is 153 Å². The van der Waals surface area contributed by atoms with E-state index >= 15 is 0 Å². The number of amides is 1. The molecule has 25 heavy (non-hydrogen) atoms. The molecular weight excluding hydrogens is 336 g/mol. The average Bonchev–Trinajstić information content (AvgIpc) is 2.92. The summed E-state index contributed by atoms with van der Waals surface area (Å²) in [7, 11) is 0. The molecule has 1 aliphatic heterocycles. The van der Waals surface area contributed by atoms with Crippen LogP contribution in [0, 0.1) is 6.92 Å². The number of rotatable bonds is 6. The Bertz CT molecular complexity index is 765. The van der Waals surface area contributed by atoms with E-state index in [2.05, 4.69) is 22.2 Å². The number of carbonyl (C=O) groups excluding carboxylic acids is 1. The summed E-state index contributed by atoms with van der Waals surface area (Å²) in [5.41, 5.74) is 2.08. The van der Waals surface area contributed by atoms with Gasteiger partial charge in [-0.2, -0.15) is 0 Å². The molecule has 5 nitrogen and oxygen atoms in total. The van der Waals surface area contributed by atoms with Crippen LogP contribution in [-0.2, 0) is 17.8 Å². The zero-order chi connectivity index (χ0) is 17.8. The topological polar surface area (TPSA) is 58.1 Å². The predicted molar refractivity (Wildman–Crippen MR) is 99.7 cm³/mol. The lowest BCUT2D eigenvalue weighted by molar-refractivity contribution is -0.128. The number of aryl methyl sites for hydroxylation is 2. The third-order valence-corrected chi connectivity index (χ3v) is 4.75. The Morgan fingerprint density at radius 3 is 2.88 bits per heavy atom. The number of hydrogen-bond acceptors (Lipinski definition) is 4. The van der Waals surface area contributed by atoms with Crippen LogP contribution in [0.4, 0.5) is 5.82 Å². The minimum Gasteiger partial charge on any atom is -0.365 e. The quantitative estimate of drug-likeness (QED) is 0.857. The molecule has 1 aromatic carbocycles. The lowest BCUT2D eigenvalue weighted by Crippen LogP contribution is -2.28. The number of likely N-dealkylation sites (tertiary alicyclic amines) is 1. The Balaban J connectivity index is 1.69. The smallest absolute Gasteiger partial charge is 0.225 e. The van der Waals surface area contributed by atoms with Crippen molar-refractivity contribution < 1.29 is 4.79 Å². The van der Waals surface area contributed by atoms with Crippen molar-refractivity contribution in [2.75, 3.05) is 11.9 Å². The molecule has 0 radical (unpaired) electrons. The minimum atomic E-state index is 0.0555. The molecule has 0 spiro atoms. The van der Waals surface area contributed by atoms with Gasteiger partial charge in [-0.3, -0.25) is 4.79 Å². The molecule has 1 N–H and O–H groups in total. The van der Waals surface area contributed by atoms with Gasteiger partial charge in [-0.15, -0.1) is 0 Å². The molecule has 1 amide bonds. The standard InChI is InChI=1S/C19H23ClN4O/c1-3-6-14-10-21-13(2)22-19(14)23-16-9-18(25)24(12-16)11-15-7-4-5-8-17(15)20/h4-5,7-8,10,16H,3,6,9,11-12H2,1-2H3,(H,21,22,23)/t16-/m0/s1. The molecule has 132 valence electrons. The highest BCUT2D eigenvalue weighted by molar-refractivity contribution is 6.31. The van der Waals surface area contributed by atoms with Crippen molar-refractivity contribution in [1.29, 1.82) is 0 Å². The number of nitrogens with zero attached hydrogens (tertiary/aromatic N) is 3. The second kappa shape index (κ2) is 7.83. The fourth-order valence-electron chi connectivity index (χ4n) is 3.12. The van der Waals surface area contributed by atoms with Gasteiger partial charge in [0.15, 0.2) is 0 Å². The Hall–Kier alpha value is -2.14. The maximum atomic E-state index is 12.4. The highest BCUT2D eigenvalue weighted by atomic mass is 35.5. The van der Waals surface area contributed by atoms with Crippen molar-refractivity contribution in [3.63, 3.8) is 0 Å². The third-order valence-electron chi connectivity index (χ3n) is 4.38. The van der Waals surface area contributed by atoms with E-state index in [-0.39, 0.29) is 11.9 Å². The van der Waals surface area contributed by atoms with E-state index in [0.29, 0.717) is 24.5 Å². The van der Waals surface area contributed by atoms with Gasteiger partial charge >= 0.3 is 0 Å². The van der Waals surface area contributed by atoms with Gasteiger partial charge in [0.05, 0.1) is 6.04 Å². The van der Waals surface area contributed by atoms with E-state index in [9.17, 15) is 4.79 Å². The first-order chi connectivity index (χ1) is 12.1. The van der Waals surface area contributed by atoms with E-state index in [4.69, 9.17) is 11.6 Å². The van der Waals surface area contributed by atoms with Gasteiger partial charge in [-0.05, 0) is 25.0 Å². The molecule has 1 atom stereocenters. The van der Waals surface area contributed by atoms with Crippen molar-refractivity contribution in [2.45, 2.75) is 45.7 Å². The molecule has 1 fully saturated rings. The van der Waals surface area contributed by atoms with Crippen molar-refractivity contribution in [3.8, 4) is 0 Å². The van der Waals surface area contributed by atoms with Gasteiger partial charge in [-0.1, -0.05) is 43.1 Å². The summed E-state index contributed by atoms with van der Waals surface area (Å²) >= 11 is 6.22. The number of benzene rings is 1. The van der Waals surface area contributed by atoms with Crippen LogP contribution in [0.15, 0.2) is 30.5 Å². The maximum absolute atomic E-state index is 12.4. The molecule has 0 saturated carbocycles. The number of anilines is 1.